The Labute approximate surface area is 109 Å². The molecule has 18 heavy (non-hydrogen) atoms. The number of hydrogen-bond donors (Lipinski definition) is 3. The number of hydrogen-bond acceptors (Lipinski definition) is 4. The molecule has 1 heterocycles. The molecular formula is C10H17N3O4S. The van der Waals surface area contributed by atoms with Gasteiger partial charge in [0.15, 0.2) is 0 Å². The average Bonchev–Trinajstić information content (AvgIpc) is 2.66. The molecule has 0 aliphatic carbocycles. The van der Waals surface area contributed by atoms with Crippen LogP contribution in [0.5, 0.6) is 0 Å². The molecular weight excluding hydrogens is 258 g/mol. The van der Waals surface area contributed by atoms with Crippen molar-refractivity contribution >= 4 is 29.7 Å². The third kappa shape index (κ3) is 3.80. The molecule has 102 valence electrons. The second kappa shape index (κ2) is 6.48. The standard InChI is InChI=1S/C10H17N3O4S/c1-6-13(7(5-18-6)9(15)16)10(17)12-4-2-3-8(11)14/h6-7H,2-5H2,1H3,(H2,11,14)(H,12,17)(H,15,16). The van der Waals surface area contributed by atoms with Gasteiger partial charge >= 0.3 is 12.0 Å². The van der Waals surface area contributed by atoms with Crippen molar-refractivity contribution in [1.29, 1.82) is 0 Å². The molecule has 3 amide bonds. The van der Waals surface area contributed by atoms with E-state index in [1.165, 1.54) is 16.7 Å². The number of thioether (sulfide) groups is 1. The molecule has 0 aromatic carbocycles. The summed E-state index contributed by atoms with van der Waals surface area (Å²) in [5.74, 6) is -1.03. The first kappa shape index (κ1) is 14.6. The van der Waals surface area contributed by atoms with Crippen LogP contribution in [0.3, 0.4) is 0 Å². The third-order valence-corrected chi connectivity index (χ3v) is 3.84. The molecule has 2 unspecified atom stereocenters. The molecule has 0 saturated carbocycles. The lowest BCUT2D eigenvalue weighted by Crippen LogP contribution is -2.49. The summed E-state index contributed by atoms with van der Waals surface area (Å²) in [6.45, 7) is 2.10. The molecule has 0 radical (unpaired) electrons. The van der Waals surface area contributed by atoms with E-state index in [1.807, 2.05) is 0 Å². The van der Waals surface area contributed by atoms with Crippen LogP contribution in [0.4, 0.5) is 4.79 Å². The predicted octanol–water partition coefficient (Wildman–Crippen LogP) is -0.190. The van der Waals surface area contributed by atoms with E-state index in [-0.39, 0.29) is 11.8 Å². The van der Waals surface area contributed by atoms with Crippen molar-refractivity contribution < 1.29 is 19.5 Å². The van der Waals surface area contributed by atoms with E-state index in [2.05, 4.69) is 5.32 Å². The van der Waals surface area contributed by atoms with Crippen LogP contribution in [0.2, 0.25) is 0 Å². The van der Waals surface area contributed by atoms with Gasteiger partial charge in [0.25, 0.3) is 0 Å². The van der Waals surface area contributed by atoms with Crippen LogP contribution >= 0.6 is 11.8 Å². The first-order chi connectivity index (χ1) is 8.43. The number of urea groups is 1. The molecule has 4 N–H and O–H groups in total. The zero-order chi connectivity index (χ0) is 13.7. The quantitative estimate of drug-likeness (QED) is 0.602. The van der Waals surface area contributed by atoms with Crippen molar-refractivity contribution in [3.05, 3.63) is 0 Å². The van der Waals surface area contributed by atoms with Gasteiger partial charge in [-0.15, -0.1) is 11.8 Å². The molecule has 0 aromatic heterocycles. The van der Waals surface area contributed by atoms with E-state index in [0.29, 0.717) is 18.7 Å². The van der Waals surface area contributed by atoms with Crippen LogP contribution in [0.1, 0.15) is 19.8 Å². The van der Waals surface area contributed by atoms with Crippen molar-refractivity contribution in [3.63, 3.8) is 0 Å². The Balaban J connectivity index is 2.44. The minimum Gasteiger partial charge on any atom is -0.480 e. The number of nitrogens with zero attached hydrogens (tertiary/aromatic N) is 1. The zero-order valence-corrected chi connectivity index (χ0v) is 10.9. The fourth-order valence-corrected chi connectivity index (χ4v) is 2.86. The normalized spacial score (nSPS) is 22.8. The van der Waals surface area contributed by atoms with Gasteiger partial charge in [0.05, 0.1) is 5.37 Å². The largest absolute Gasteiger partial charge is 0.480 e. The highest BCUT2D eigenvalue weighted by molar-refractivity contribution is 8.00. The van der Waals surface area contributed by atoms with Crippen molar-refractivity contribution in [2.45, 2.75) is 31.2 Å². The summed E-state index contributed by atoms with van der Waals surface area (Å²) in [5.41, 5.74) is 4.97. The van der Waals surface area contributed by atoms with Gasteiger partial charge < -0.3 is 16.2 Å². The molecule has 0 spiro atoms. The number of carboxylic acids is 1. The first-order valence-electron chi connectivity index (χ1n) is 5.62. The monoisotopic (exact) mass is 275 g/mol. The number of aliphatic carboxylic acids is 1. The molecule has 0 bridgehead atoms. The summed E-state index contributed by atoms with van der Waals surface area (Å²) in [6, 6.07) is -1.20. The Hall–Kier alpha value is -1.44. The van der Waals surface area contributed by atoms with Gasteiger partial charge in [-0.3, -0.25) is 9.69 Å². The highest BCUT2D eigenvalue weighted by atomic mass is 32.2. The van der Waals surface area contributed by atoms with Crippen LogP contribution in [-0.2, 0) is 9.59 Å². The molecule has 1 fully saturated rings. The van der Waals surface area contributed by atoms with Gasteiger partial charge in [0.2, 0.25) is 5.91 Å². The Kier molecular flexibility index (Phi) is 5.26. The van der Waals surface area contributed by atoms with E-state index in [4.69, 9.17) is 10.8 Å². The van der Waals surface area contributed by atoms with Gasteiger partial charge in [0, 0.05) is 18.7 Å². The number of amides is 3. The van der Waals surface area contributed by atoms with Crippen LogP contribution in [0, 0.1) is 0 Å². The van der Waals surface area contributed by atoms with E-state index in [9.17, 15) is 14.4 Å². The van der Waals surface area contributed by atoms with Crippen LogP contribution in [-0.4, -0.2) is 51.6 Å². The van der Waals surface area contributed by atoms with Crippen molar-refractivity contribution in [2.24, 2.45) is 5.73 Å². The van der Waals surface area contributed by atoms with E-state index in [0.717, 1.165) is 0 Å². The molecule has 1 aliphatic rings. The van der Waals surface area contributed by atoms with Crippen LogP contribution in [0.15, 0.2) is 0 Å². The Morgan fingerprint density at radius 2 is 2.17 bits per heavy atom. The predicted molar refractivity (Wildman–Crippen MR) is 67.0 cm³/mol. The number of nitrogens with one attached hydrogen (secondary N) is 1. The highest BCUT2D eigenvalue weighted by Gasteiger charge is 2.39. The highest BCUT2D eigenvalue weighted by Crippen LogP contribution is 2.28. The molecule has 2 atom stereocenters. The molecule has 0 aromatic rings. The Bertz CT molecular complexity index is 350. The number of rotatable bonds is 5. The number of carbonyl (C=O) groups is 3. The van der Waals surface area contributed by atoms with E-state index in [1.54, 1.807) is 6.92 Å². The third-order valence-electron chi connectivity index (χ3n) is 2.62. The summed E-state index contributed by atoms with van der Waals surface area (Å²) in [5, 5.41) is 11.4. The zero-order valence-electron chi connectivity index (χ0n) is 10.1. The number of carbonyl (C=O) groups excluding carboxylic acids is 2. The summed E-state index contributed by atoms with van der Waals surface area (Å²) < 4.78 is 0. The summed E-state index contributed by atoms with van der Waals surface area (Å²) in [4.78, 5) is 34.7. The van der Waals surface area contributed by atoms with Gasteiger partial charge in [-0.25, -0.2) is 9.59 Å². The Morgan fingerprint density at radius 3 is 2.72 bits per heavy atom. The van der Waals surface area contributed by atoms with Crippen molar-refractivity contribution in [2.75, 3.05) is 12.3 Å². The second-order valence-electron chi connectivity index (χ2n) is 4.00. The lowest BCUT2D eigenvalue weighted by atomic mass is 10.3. The SMILES string of the molecule is CC1SCC(C(=O)O)N1C(=O)NCCCC(N)=O. The smallest absolute Gasteiger partial charge is 0.327 e. The number of nitrogens with two attached hydrogens (primary N) is 1. The lowest BCUT2D eigenvalue weighted by Gasteiger charge is -2.25. The minimum atomic E-state index is -1.00. The van der Waals surface area contributed by atoms with Gasteiger partial charge in [-0.05, 0) is 13.3 Å². The minimum absolute atomic E-state index is 0.165. The first-order valence-corrected chi connectivity index (χ1v) is 6.67. The summed E-state index contributed by atoms with van der Waals surface area (Å²) in [7, 11) is 0. The van der Waals surface area contributed by atoms with Crippen molar-refractivity contribution in [1.82, 2.24) is 10.2 Å². The van der Waals surface area contributed by atoms with Crippen LogP contribution < -0.4 is 11.1 Å². The number of primary amides is 1. The summed E-state index contributed by atoms with van der Waals surface area (Å²) in [6.07, 6.45) is 0.654. The maximum Gasteiger partial charge on any atom is 0.327 e. The molecule has 1 rings (SSSR count). The van der Waals surface area contributed by atoms with E-state index >= 15 is 0 Å². The number of carboxylic acid groups (broad SMARTS) is 1. The molecule has 1 aliphatic heterocycles. The molecule has 1 saturated heterocycles. The van der Waals surface area contributed by atoms with Gasteiger partial charge in [0.1, 0.15) is 6.04 Å². The summed E-state index contributed by atoms with van der Waals surface area (Å²) >= 11 is 1.42. The molecule has 7 nitrogen and oxygen atoms in total. The second-order valence-corrected chi connectivity index (χ2v) is 5.34. The fraction of sp³-hybridized carbons (Fsp3) is 0.700. The van der Waals surface area contributed by atoms with E-state index < -0.39 is 23.9 Å². The maximum absolute atomic E-state index is 11.8. The average molecular weight is 275 g/mol. The maximum atomic E-state index is 11.8. The topological polar surface area (TPSA) is 113 Å². The Morgan fingerprint density at radius 1 is 1.50 bits per heavy atom. The van der Waals surface area contributed by atoms with Gasteiger partial charge in [-0.1, -0.05) is 0 Å². The van der Waals surface area contributed by atoms with Crippen molar-refractivity contribution in [3.8, 4) is 0 Å². The lowest BCUT2D eigenvalue weighted by molar-refractivity contribution is -0.141. The van der Waals surface area contributed by atoms with Gasteiger partial charge in [-0.2, -0.15) is 0 Å². The fourth-order valence-electron chi connectivity index (χ4n) is 1.69. The van der Waals surface area contributed by atoms with Crippen LogP contribution in [0.25, 0.3) is 0 Å². The molecule has 8 heteroatoms.